The predicted molar refractivity (Wildman–Crippen MR) is 53.5 cm³/mol. The van der Waals surface area contributed by atoms with E-state index in [0.29, 0.717) is 0 Å². The van der Waals surface area contributed by atoms with Crippen LogP contribution in [0.25, 0.3) is 10.4 Å². The number of aliphatic hydroxyl groups excluding tert-OH is 1. The maximum atomic E-state index is 8.95. The molecule has 2 aromatic rings. The van der Waals surface area contributed by atoms with E-state index in [0.717, 1.165) is 16.0 Å². The van der Waals surface area contributed by atoms with Crippen molar-refractivity contribution in [3.8, 4) is 10.4 Å². The van der Waals surface area contributed by atoms with Gasteiger partial charge in [-0.25, -0.2) is 4.37 Å². The van der Waals surface area contributed by atoms with Gasteiger partial charge in [-0.05, 0) is 34.8 Å². The second-order valence-corrected chi connectivity index (χ2v) is 3.57. The fourth-order valence-electron chi connectivity index (χ4n) is 1.19. The number of aromatic nitrogens is 1. The van der Waals surface area contributed by atoms with E-state index in [2.05, 4.69) is 4.37 Å². The molecule has 2 nitrogen and oxygen atoms in total. The van der Waals surface area contributed by atoms with Crippen LogP contribution in [-0.2, 0) is 6.61 Å². The fourth-order valence-corrected chi connectivity index (χ4v) is 1.78. The highest BCUT2D eigenvalue weighted by Crippen LogP contribution is 2.23. The van der Waals surface area contributed by atoms with Crippen molar-refractivity contribution in [2.45, 2.75) is 6.61 Å². The minimum Gasteiger partial charge on any atom is -0.392 e. The van der Waals surface area contributed by atoms with E-state index in [1.807, 2.05) is 30.3 Å². The summed E-state index contributed by atoms with van der Waals surface area (Å²) in [6, 6.07) is 9.83. The molecule has 1 heterocycles. The number of rotatable bonds is 2. The van der Waals surface area contributed by atoms with E-state index in [9.17, 15) is 0 Å². The summed E-state index contributed by atoms with van der Waals surface area (Å²) in [6.07, 6.45) is 1.78. The summed E-state index contributed by atoms with van der Waals surface area (Å²) in [6.45, 7) is 0.0899. The Labute approximate surface area is 80.6 Å². The zero-order valence-electron chi connectivity index (χ0n) is 6.97. The Morgan fingerprint density at radius 2 is 2.23 bits per heavy atom. The highest BCUT2D eigenvalue weighted by Gasteiger charge is 1.99. The zero-order chi connectivity index (χ0) is 9.10. The van der Waals surface area contributed by atoms with Gasteiger partial charge < -0.3 is 5.11 Å². The molecular formula is C10H9NOS. The lowest BCUT2D eigenvalue weighted by molar-refractivity contribution is 0.282. The Hall–Kier alpha value is -1.19. The lowest BCUT2D eigenvalue weighted by Gasteiger charge is -1.99. The van der Waals surface area contributed by atoms with Crippen LogP contribution < -0.4 is 0 Å². The van der Waals surface area contributed by atoms with Crippen LogP contribution in [0.4, 0.5) is 0 Å². The Morgan fingerprint density at radius 1 is 1.31 bits per heavy atom. The predicted octanol–water partition coefficient (Wildman–Crippen LogP) is 2.30. The SMILES string of the molecule is OCc1cccc(-c2ccns2)c1. The fraction of sp³-hybridized carbons (Fsp3) is 0.100. The summed E-state index contributed by atoms with van der Waals surface area (Å²) < 4.78 is 4.03. The number of nitrogens with zero attached hydrogens (tertiary/aromatic N) is 1. The minimum atomic E-state index is 0.0899. The standard InChI is InChI=1S/C10H9NOS/c12-7-8-2-1-3-9(6-8)10-4-5-11-13-10/h1-6,12H,7H2. The average molecular weight is 191 g/mol. The number of hydrogen-bond donors (Lipinski definition) is 1. The van der Waals surface area contributed by atoms with Gasteiger partial charge in [0.2, 0.25) is 0 Å². The van der Waals surface area contributed by atoms with Gasteiger partial charge in [-0.2, -0.15) is 0 Å². The molecular weight excluding hydrogens is 182 g/mol. The smallest absolute Gasteiger partial charge is 0.0682 e. The molecule has 0 aliphatic carbocycles. The summed E-state index contributed by atoms with van der Waals surface area (Å²) in [5.41, 5.74) is 2.06. The minimum absolute atomic E-state index is 0.0899. The topological polar surface area (TPSA) is 33.1 Å². The summed E-state index contributed by atoms with van der Waals surface area (Å²) in [5.74, 6) is 0. The van der Waals surface area contributed by atoms with Crippen molar-refractivity contribution in [1.29, 1.82) is 0 Å². The third-order valence-corrected chi connectivity index (χ3v) is 2.63. The molecule has 66 valence electrons. The first-order valence-electron chi connectivity index (χ1n) is 4.01. The quantitative estimate of drug-likeness (QED) is 0.790. The molecule has 0 aliphatic rings. The highest BCUT2D eigenvalue weighted by molar-refractivity contribution is 7.09. The Kier molecular flexibility index (Phi) is 2.38. The van der Waals surface area contributed by atoms with Crippen molar-refractivity contribution in [2.75, 3.05) is 0 Å². The average Bonchev–Trinajstić information content (AvgIpc) is 2.71. The Balaban J connectivity index is 2.41. The van der Waals surface area contributed by atoms with Crippen LogP contribution >= 0.6 is 11.5 Å². The summed E-state index contributed by atoms with van der Waals surface area (Å²) in [4.78, 5) is 1.13. The first-order chi connectivity index (χ1) is 6.40. The third kappa shape index (κ3) is 1.76. The van der Waals surface area contributed by atoms with Gasteiger partial charge in [0.15, 0.2) is 0 Å². The lowest BCUT2D eigenvalue weighted by Crippen LogP contribution is -1.82. The molecule has 0 unspecified atom stereocenters. The molecule has 0 saturated carbocycles. The van der Waals surface area contributed by atoms with E-state index in [4.69, 9.17) is 5.11 Å². The van der Waals surface area contributed by atoms with Gasteiger partial charge in [0, 0.05) is 6.20 Å². The van der Waals surface area contributed by atoms with Gasteiger partial charge in [0.1, 0.15) is 0 Å². The van der Waals surface area contributed by atoms with Crippen LogP contribution in [0, 0.1) is 0 Å². The van der Waals surface area contributed by atoms with Crippen molar-refractivity contribution in [3.05, 3.63) is 42.1 Å². The molecule has 0 fully saturated rings. The van der Waals surface area contributed by atoms with Gasteiger partial charge in [-0.1, -0.05) is 18.2 Å². The maximum Gasteiger partial charge on any atom is 0.0682 e. The monoisotopic (exact) mass is 191 g/mol. The van der Waals surface area contributed by atoms with Crippen LogP contribution in [0.3, 0.4) is 0 Å². The van der Waals surface area contributed by atoms with Gasteiger partial charge in [0.25, 0.3) is 0 Å². The van der Waals surface area contributed by atoms with Gasteiger partial charge >= 0.3 is 0 Å². The van der Waals surface area contributed by atoms with E-state index in [-0.39, 0.29) is 6.61 Å². The Morgan fingerprint density at radius 3 is 2.92 bits per heavy atom. The Bertz CT molecular complexity index is 384. The summed E-state index contributed by atoms with van der Waals surface area (Å²) in [7, 11) is 0. The van der Waals surface area contributed by atoms with E-state index >= 15 is 0 Å². The second kappa shape index (κ2) is 3.68. The first-order valence-corrected chi connectivity index (χ1v) is 4.78. The summed E-state index contributed by atoms with van der Waals surface area (Å²) >= 11 is 1.46. The normalized spacial score (nSPS) is 10.2. The largest absolute Gasteiger partial charge is 0.392 e. The van der Waals surface area contributed by atoms with Crippen LogP contribution in [0.5, 0.6) is 0 Å². The van der Waals surface area contributed by atoms with Crippen LogP contribution in [-0.4, -0.2) is 9.48 Å². The molecule has 0 bridgehead atoms. The zero-order valence-corrected chi connectivity index (χ0v) is 7.79. The maximum absolute atomic E-state index is 8.95. The highest BCUT2D eigenvalue weighted by atomic mass is 32.1. The van der Waals surface area contributed by atoms with Crippen molar-refractivity contribution in [2.24, 2.45) is 0 Å². The van der Waals surface area contributed by atoms with Crippen molar-refractivity contribution in [1.82, 2.24) is 4.37 Å². The van der Waals surface area contributed by atoms with Crippen LogP contribution in [0.1, 0.15) is 5.56 Å². The van der Waals surface area contributed by atoms with E-state index < -0.39 is 0 Å². The van der Waals surface area contributed by atoms with Crippen LogP contribution in [0.2, 0.25) is 0 Å². The molecule has 0 aliphatic heterocycles. The van der Waals surface area contributed by atoms with Crippen molar-refractivity contribution < 1.29 is 5.11 Å². The molecule has 1 N–H and O–H groups in total. The molecule has 13 heavy (non-hydrogen) atoms. The first kappa shape index (κ1) is 8.41. The van der Waals surface area contributed by atoms with Gasteiger partial charge in [0.05, 0.1) is 11.5 Å². The molecule has 3 heteroatoms. The molecule has 0 amide bonds. The molecule has 1 aromatic heterocycles. The number of aliphatic hydroxyl groups is 1. The van der Waals surface area contributed by atoms with E-state index in [1.54, 1.807) is 6.20 Å². The molecule has 0 saturated heterocycles. The van der Waals surface area contributed by atoms with Crippen molar-refractivity contribution >= 4 is 11.5 Å². The van der Waals surface area contributed by atoms with Crippen molar-refractivity contribution in [3.63, 3.8) is 0 Å². The van der Waals surface area contributed by atoms with Gasteiger partial charge in [-0.15, -0.1) is 0 Å². The number of benzene rings is 1. The molecule has 0 radical (unpaired) electrons. The van der Waals surface area contributed by atoms with Crippen LogP contribution in [0.15, 0.2) is 36.5 Å². The third-order valence-electron chi connectivity index (χ3n) is 1.83. The molecule has 1 aromatic carbocycles. The van der Waals surface area contributed by atoms with Gasteiger partial charge in [-0.3, -0.25) is 0 Å². The molecule has 0 spiro atoms. The number of hydrogen-bond acceptors (Lipinski definition) is 3. The second-order valence-electron chi connectivity index (χ2n) is 2.74. The summed E-state index contributed by atoms with van der Waals surface area (Å²) in [5, 5.41) is 8.95. The van der Waals surface area contributed by atoms with E-state index in [1.165, 1.54) is 11.5 Å². The molecule has 2 rings (SSSR count). The lowest BCUT2D eigenvalue weighted by atomic mass is 10.1. The molecule has 0 atom stereocenters.